The molecule has 2 rings (SSSR count). The number of rotatable bonds is 3. The molecule has 1 aliphatic rings. The van der Waals surface area contributed by atoms with Gasteiger partial charge in [0.2, 0.25) is 5.91 Å². The van der Waals surface area contributed by atoms with Crippen molar-refractivity contribution in [3.8, 4) is 5.75 Å². The first-order valence-electron chi connectivity index (χ1n) is 8.66. The van der Waals surface area contributed by atoms with Crippen molar-refractivity contribution in [3.63, 3.8) is 0 Å². The van der Waals surface area contributed by atoms with Gasteiger partial charge in [-0.05, 0) is 51.5 Å². The fraction of sp³-hybridized carbons (Fsp3) is 0.579. The standard InChI is InChI=1S/C19H28N2O3/c1-5-17(22)20-11-6-12-21(14-13-20)18(23)15-7-9-16(10-8-15)24-19(2,3)4/h7-10H,5-6,11-14H2,1-4H3. The number of benzene rings is 1. The Morgan fingerprint density at radius 2 is 1.58 bits per heavy atom. The second-order valence-corrected chi connectivity index (χ2v) is 7.12. The molecule has 0 atom stereocenters. The average molecular weight is 332 g/mol. The van der Waals surface area contributed by atoms with Crippen LogP contribution in [-0.4, -0.2) is 53.4 Å². The number of amides is 2. The average Bonchev–Trinajstić information content (AvgIpc) is 2.78. The van der Waals surface area contributed by atoms with Gasteiger partial charge in [0.1, 0.15) is 11.4 Å². The van der Waals surface area contributed by atoms with Crippen LogP contribution in [0.5, 0.6) is 5.75 Å². The van der Waals surface area contributed by atoms with Gasteiger partial charge in [-0.2, -0.15) is 0 Å². The fourth-order valence-electron chi connectivity index (χ4n) is 2.80. The van der Waals surface area contributed by atoms with Gasteiger partial charge in [0.25, 0.3) is 5.91 Å². The Kier molecular flexibility index (Phi) is 5.86. The SMILES string of the molecule is CCC(=O)N1CCCN(C(=O)c2ccc(OC(C)(C)C)cc2)CC1. The Bertz CT molecular complexity index is 575. The van der Waals surface area contributed by atoms with Crippen LogP contribution in [0.2, 0.25) is 0 Å². The van der Waals surface area contributed by atoms with E-state index in [0.717, 1.165) is 18.7 Å². The third-order valence-corrected chi connectivity index (χ3v) is 3.96. The Labute approximate surface area is 144 Å². The molecule has 0 N–H and O–H groups in total. The van der Waals surface area contributed by atoms with Crippen molar-refractivity contribution in [1.29, 1.82) is 0 Å². The Morgan fingerprint density at radius 3 is 2.17 bits per heavy atom. The summed E-state index contributed by atoms with van der Waals surface area (Å²) in [6.07, 6.45) is 1.34. The molecule has 24 heavy (non-hydrogen) atoms. The number of hydrogen-bond acceptors (Lipinski definition) is 3. The summed E-state index contributed by atoms with van der Waals surface area (Å²) in [6.45, 7) is 10.5. The largest absolute Gasteiger partial charge is 0.488 e. The lowest BCUT2D eigenvalue weighted by atomic mass is 10.1. The summed E-state index contributed by atoms with van der Waals surface area (Å²) in [5, 5.41) is 0. The van der Waals surface area contributed by atoms with Gasteiger partial charge in [-0.15, -0.1) is 0 Å². The molecule has 1 aliphatic heterocycles. The monoisotopic (exact) mass is 332 g/mol. The Balaban J connectivity index is 1.99. The molecule has 0 unspecified atom stereocenters. The van der Waals surface area contributed by atoms with E-state index < -0.39 is 0 Å². The number of nitrogens with zero attached hydrogens (tertiary/aromatic N) is 2. The first-order valence-corrected chi connectivity index (χ1v) is 8.66. The molecule has 0 saturated carbocycles. The van der Waals surface area contributed by atoms with Crippen LogP contribution < -0.4 is 4.74 Å². The summed E-state index contributed by atoms with van der Waals surface area (Å²) in [5.74, 6) is 0.936. The highest BCUT2D eigenvalue weighted by atomic mass is 16.5. The summed E-state index contributed by atoms with van der Waals surface area (Å²) in [7, 11) is 0. The van der Waals surface area contributed by atoms with Crippen molar-refractivity contribution < 1.29 is 14.3 Å². The molecule has 1 fully saturated rings. The van der Waals surface area contributed by atoms with Crippen molar-refractivity contribution in [3.05, 3.63) is 29.8 Å². The van der Waals surface area contributed by atoms with Gasteiger partial charge in [-0.1, -0.05) is 6.92 Å². The predicted molar refractivity (Wildman–Crippen MR) is 94.2 cm³/mol. The molecule has 5 nitrogen and oxygen atoms in total. The van der Waals surface area contributed by atoms with E-state index in [0.29, 0.717) is 31.6 Å². The Morgan fingerprint density at radius 1 is 1.00 bits per heavy atom. The Hall–Kier alpha value is -2.04. The zero-order valence-electron chi connectivity index (χ0n) is 15.2. The van der Waals surface area contributed by atoms with Crippen molar-refractivity contribution >= 4 is 11.8 Å². The molecule has 132 valence electrons. The third kappa shape index (κ3) is 4.98. The minimum Gasteiger partial charge on any atom is -0.488 e. The van der Waals surface area contributed by atoms with E-state index in [-0.39, 0.29) is 17.4 Å². The smallest absolute Gasteiger partial charge is 0.253 e. The number of carbonyl (C=O) groups excluding carboxylic acids is 2. The summed E-state index contributed by atoms with van der Waals surface area (Å²) >= 11 is 0. The van der Waals surface area contributed by atoms with E-state index in [4.69, 9.17) is 4.74 Å². The molecule has 0 aliphatic carbocycles. The zero-order valence-corrected chi connectivity index (χ0v) is 15.2. The van der Waals surface area contributed by atoms with Crippen LogP contribution in [0.4, 0.5) is 0 Å². The first kappa shape index (κ1) is 18.3. The molecule has 2 amide bonds. The van der Waals surface area contributed by atoms with E-state index in [1.54, 1.807) is 0 Å². The van der Waals surface area contributed by atoms with E-state index in [2.05, 4.69) is 0 Å². The van der Waals surface area contributed by atoms with Crippen LogP contribution in [0.15, 0.2) is 24.3 Å². The maximum atomic E-state index is 12.7. The predicted octanol–water partition coefficient (Wildman–Crippen LogP) is 2.95. The summed E-state index contributed by atoms with van der Waals surface area (Å²) in [5.41, 5.74) is 0.400. The number of hydrogen-bond donors (Lipinski definition) is 0. The highest BCUT2D eigenvalue weighted by Gasteiger charge is 2.22. The molecular formula is C19H28N2O3. The molecule has 0 aromatic heterocycles. The number of ether oxygens (including phenoxy) is 1. The van der Waals surface area contributed by atoms with Crippen LogP contribution in [-0.2, 0) is 4.79 Å². The third-order valence-electron chi connectivity index (χ3n) is 3.96. The highest BCUT2D eigenvalue weighted by Crippen LogP contribution is 2.19. The summed E-state index contributed by atoms with van der Waals surface area (Å²) < 4.78 is 5.79. The van der Waals surface area contributed by atoms with Gasteiger partial charge in [0, 0.05) is 38.2 Å². The number of carbonyl (C=O) groups is 2. The molecule has 0 bridgehead atoms. The van der Waals surface area contributed by atoms with Gasteiger partial charge >= 0.3 is 0 Å². The minimum absolute atomic E-state index is 0.0168. The van der Waals surface area contributed by atoms with E-state index >= 15 is 0 Å². The minimum atomic E-state index is -0.258. The van der Waals surface area contributed by atoms with E-state index in [1.807, 2.05) is 61.8 Å². The van der Waals surface area contributed by atoms with Crippen LogP contribution in [0.3, 0.4) is 0 Å². The topological polar surface area (TPSA) is 49.9 Å². The van der Waals surface area contributed by atoms with Crippen molar-refractivity contribution in [2.75, 3.05) is 26.2 Å². The van der Waals surface area contributed by atoms with Crippen molar-refractivity contribution in [1.82, 2.24) is 9.80 Å². The molecule has 1 aromatic carbocycles. The highest BCUT2D eigenvalue weighted by molar-refractivity contribution is 5.94. The fourth-order valence-corrected chi connectivity index (χ4v) is 2.80. The molecule has 1 saturated heterocycles. The lowest BCUT2D eigenvalue weighted by molar-refractivity contribution is -0.130. The molecular weight excluding hydrogens is 304 g/mol. The molecule has 0 spiro atoms. The zero-order chi connectivity index (χ0) is 17.7. The maximum Gasteiger partial charge on any atom is 0.253 e. The van der Waals surface area contributed by atoms with Crippen molar-refractivity contribution in [2.24, 2.45) is 0 Å². The van der Waals surface area contributed by atoms with Gasteiger partial charge in [0.05, 0.1) is 0 Å². The molecule has 1 heterocycles. The van der Waals surface area contributed by atoms with Crippen LogP contribution in [0, 0.1) is 0 Å². The van der Waals surface area contributed by atoms with Gasteiger partial charge in [-0.25, -0.2) is 0 Å². The quantitative estimate of drug-likeness (QED) is 0.855. The van der Waals surface area contributed by atoms with Crippen LogP contribution in [0.1, 0.15) is 50.9 Å². The van der Waals surface area contributed by atoms with Crippen LogP contribution in [0.25, 0.3) is 0 Å². The second kappa shape index (κ2) is 7.69. The van der Waals surface area contributed by atoms with E-state index in [9.17, 15) is 9.59 Å². The second-order valence-electron chi connectivity index (χ2n) is 7.12. The first-order chi connectivity index (χ1) is 11.3. The maximum absolute atomic E-state index is 12.7. The summed E-state index contributed by atoms with van der Waals surface area (Å²) in [4.78, 5) is 28.2. The molecule has 5 heteroatoms. The van der Waals surface area contributed by atoms with Gasteiger partial charge in [0.15, 0.2) is 0 Å². The summed E-state index contributed by atoms with van der Waals surface area (Å²) in [6, 6.07) is 7.29. The van der Waals surface area contributed by atoms with Gasteiger partial charge < -0.3 is 14.5 Å². The van der Waals surface area contributed by atoms with Gasteiger partial charge in [-0.3, -0.25) is 9.59 Å². The lowest BCUT2D eigenvalue weighted by Gasteiger charge is -2.23. The molecule has 1 aromatic rings. The lowest BCUT2D eigenvalue weighted by Crippen LogP contribution is -2.37. The van der Waals surface area contributed by atoms with E-state index in [1.165, 1.54) is 0 Å². The normalized spacial score (nSPS) is 15.8. The molecule has 0 radical (unpaired) electrons. The van der Waals surface area contributed by atoms with Crippen molar-refractivity contribution in [2.45, 2.75) is 46.1 Å². The van der Waals surface area contributed by atoms with Crippen LogP contribution >= 0.6 is 0 Å².